The highest BCUT2D eigenvalue weighted by atomic mass is 16.2. The average molecular weight is 492 g/mol. The van der Waals surface area contributed by atoms with Crippen molar-refractivity contribution in [2.75, 3.05) is 0 Å². The minimum absolute atomic E-state index is 0.231. The number of hydrogen-bond donors (Lipinski definition) is 0. The van der Waals surface area contributed by atoms with Gasteiger partial charge < -0.3 is 0 Å². The van der Waals surface area contributed by atoms with Crippen molar-refractivity contribution in [1.29, 1.82) is 5.26 Å². The van der Waals surface area contributed by atoms with E-state index in [9.17, 15) is 19.6 Å². The molecule has 0 fully saturated rings. The van der Waals surface area contributed by atoms with Gasteiger partial charge >= 0.3 is 0 Å². The lowest BCUT2D eigenvalue weighted by molar-refractivity contribution is 0.0708. The van der Waals surface area contributed by atoms with E-state index in [-0.39, 0.29) is 16.7 Å². The Labute approximate surface area is 217 Å². The molecule has 0 radical (unpaired) electrons. The number of Topliss-reactive ketones (excluding diaryl/α,β-unsaturated/α-hetero) is 3. The minimum atomic E-state index is -2.09. The molecule has 0 saturated carbocycles. The summed E-state index contributed by atoms with van der Waals surface area (Å²) in [5.41, 5.74) is 2.21. The summed E-state index contributed by atoms with van der Waals surface area (Å²) in [6.07, 6.45) is 0. The van der Waals surface area contributed by atoms with Gasteiger partial charge in [-0.1, -0.05) is 78.9 Å². The fourth-order valence-electron chi connectivity index (χ4n) is 5.71. The summed E-state index contributed by atoms with van der Waals surface area (Å²) in [6, 6.07) is 31.9. The first-order valence-corrected chi connectivity index (χ1v) is 12.1. The normalized spacial score (nSPS) is 14.7. The predicted molar refractivity (Wildman–Crippen MR) is 140 cm³/mol. The van der Waals surface area contributed by atoms with Crippen LogP contribution in [0.5, 0.6) is 0 Å². The Balaban J connectivity index is 1.66. The maximum atomic E-state index is 14.4. The molecule has 5 aromatic rings. The summed E-state index contributed by atoms with van der Waals surface area (Å²) in [5, 5.41) is 14.3. The van der Waals surface area contributed by atoms with Crippen LogP contribution in [0.15, 0.2) is 103 Å². The molecule has 7 rings (SSSR count). The fraction of sp³-hybridized carbons (Fsp3) is 0.0312. The summed E-state index contributed by atoms with van der Waals surface area (Å²) in [4.78, 5) is 43.0. The van der Waals surface area contributed by atoms with Crippen LogP contribution >= 0.6 is 0 Å². The summed E-state index contributed by atoms with van der Waals surface area (Å²) in [6.45, 7) is 0. The van der Waals surface area contributed by atoms with Gasteiger partial charge in [0, 0.05) is 33.4 Å². The van der Waals surface area contributed by atoms with Crippen LogP contribution in [0.25, 0.3) is 28.2 Å². The molecule has 0 atom stereocenters. The standard InChI is InChI=1S/C32H17N3O3/c33-18-19-14-16-20(17-15-19)27-26-28(35(34-27)21-8-2-1-3-9-21)22-10-4-5-11-23(22)29(36)32(26)30(37)24-12-6-7-13-25(24)31(32)38/h1-17H. The highest BCUT2D eigenvalue weighted by molar-refractivity contribution is 6.48. The van der Waals surface area contributed by atoms with Crippen molar-refractivity contribution in [3.8, 4) is 34.3 Å². The molecule has 38 heavy (non-hydrogen) atoms. The molecule has 2 aliphatic rings. The molecule has 1 heterocycles. The number of carbonyl (C=O) groups is 3. The van der Waals surface area contributed by atoms with Gasteiger partial charge in [-0.25, -0.2) is 4.68 Å². The minimum Gasteiger partial charge on any atom is -0.292 e. The lowest BCUT2D eigenvalue weighted by Crippen LogP contribution is -2.48. The van der Waals surface area contributed by atoms with Crippen molar-refractivity contribution >= 4 is 17.3 Å². The highest BCUT2D eigenvalue weighted by Gasteiger charge is 2.64. The molecule has 6 nitrogen and oxygen atoms in total. The summed E-state index contributed by atoms with van der Waals surface area (Å²) < 4.78 is 1.71. The lowest BCUT2D eigenvalue weighted by Gasteiger charge is -2.31. The van der Waals surface area contributed by atoms with E-state index in [1.165, 1.54) is 0 Å². The molecular formula is C32H17N3O3. The van der Waals surface area contributed by atoms with Crippen molar-refractivity contribution < 1.29 is 14.4 Å². The van der Waals surface area contributed by atoms with E-state index in [4.69, 9.17) is 5.10 Å². The molecule has 1 spiro atoms. The molecule has 0 bridgehead atoms. The smallest absolute Gasteiger partial charge is 0.190 e. The van der Waals surface area contributed by atoms with Crippen LogP contribution in [0.1, 0.15) is 42.2 Å². The van der Waals surface area contributed by atoms with E-state index >= 15 is 0 Å². The van der Waals surface area contributed by atoms with Crippen molar-refractivity contribution in [3.63, 3.8) is 0 Å². The number of nitriles is 1. The zero-order chi connectivity index (χ0) is 26.0. The van der Waals surface area contributed by atoms with Gasteiger partial charge in [0.05, 0.1) is 28.7 Å². The summed E-state index contributed by atoms with van der Waals surface area (Å²) >= 11 is 0. The number of carbonyl (C=O) groups excluding carboxylic acids is 3. The number of benzene rings is 4. The Morgan fingerprint density at radius 3 is 1.68 bits per heavy atom. The molecule has 0 N–H and O–H groups in total. The van der Waals surface area contributed by atoms with Gasteiger partial charge in [-0.15, -0.1) is 0 Å². The molecule has 0 amide bonds. The Bertz CT molecular complexity index is 1840. The van der Waals surface area contributed by atoms with Gasteiger partial charge in [0.1, 0.15) is 0 Å². The third-order valence-corrected chi connectivity index (χ3v) is 7.41. The van der Waals surface area contributed by atoms with Crippen molar-refractivity contribution in [1.82, 2.24) is 9.78 Å². The van der Waals surface area contributed by atoms with Crippen LogP contribution in [-0.2, 0) is 5.41 Å². The molecule has 178 valence electrons. The van der Waals surface area contributed by atoms with Crippen molar-refractivity contribution in [2.45, 2.75) is 5.41 Å². The molecule has 0 unspecified atom stereocenters. The Kier molecular flexibility index (Phi) is 4.48. The van der Waals surface area contributed by atoms with E-state index < -0.39 is 22.8 Å². The monoisotopic (exact) mass is 491 g/mol. The van der Waals surface area contributed by atoms with E-state index in [1.54, 1.807) is 65.3 Å². The number of aromatic nitrogens is 2. The first kappa shape index (κ1) is 21.8. The van der Waals surface area contributed by atoms with Crippen LogP contribution in [0, 0.1) is 11.3 Å². The number of ketones is 3. The van der Waals surface area contributed by atoms with E-state index in [1.807, 2.05) is 42.5 Å². The largest absolute Gasteiger partial charge is 0.292 e. The van der Waals surface area contributed by atoms with E-state index in [0.29, 0.717) is 33.6 Å². The second-order valence-corrected chi connectivity index (χ2v) is 9.34. The Morgan fingerprint density at radius 2 is 1.13 bits per heavy atom. The SMILES string of the molecule is N#Cc1ccc(-c2nn(-c3ccccc3)c3c2C2(C(=O)c4ccccc4C2=O)C(=O)c2ccccc2-3)cc1. The van der Waals surface area contributed by atoms with Crippen LogP contribution in [-0.4, -0.2) is 27.1 Å². The maximum absolute atomic E-state index is 14.4. The second kappa shape index (κ2) is 7.79. The fourth-order valence-corrected chi connectivity index (χ4v) is 5.71. The molecular weight excluding hydrogens is 474 g/mol. The Hall–Kier alpha value is -5.41. The highest BCUT2D eigenvalue weighted by Crippen LogP contribution is 2.53. The summed E-state index contributed by atoms with van der Waals surface area (Å²) in [5.74, 6) is -1.63. The van der Waals surface area contributed by atoms with E-state index in [2.05, 4.69) is 6.07 Å². The van der Waals surface area contributed by atoms with Crippen LogP contribution < -0.4 is 0 Å². The van der Waals surface area contributed by atoms with Gasteiger partial charge in [-0.2, -0.15) is 10.4 Å². The van der Waals surface area contributed by atoms with Gasteiger partial charge in [-0.3, -0.25) is 14.4 Å². The topological polar surface area (TPSA) is 92.8 Å². The second-order valence-electron chi connectivity index (χ2n) is 9.34. The predicted octanol–water partition coefficient (Wildman–Crippen LogP) is 5.59. The van der Waals surface area contributed by atoms with Gasteiger partial charge in [0.15, 0.2) is 22.8 Å². The number of rotatable bonds is 2. The molecule has 1 aromatic heterocycles. The quantitative estimate of drug-likeness (QED) is 0.300. The number of fused-ring (bicyclic) bond motifs is 5. The first-order valence-electron chi connectivity index (χ1n) is 12.1. The van der Waals surface area contributed by atoms with Gasteiger partial charge in [-0.05, 0) is 24.3 Å². The average Bonchev–Trinajstić information content (AvgIpc) is 3.48. The molecule has 0 aliphatic heterocycles. The molecule has 0 saturated heterocycles. The van der Waals surface area contributed by atoms with Crippen LogP contribution in [0.4, 0.5) is 0 Å². The van der Waals surface area contributed by atoms with Crippen molar-refractivity contribution in [3.05, 3.63) is 131 Å². The lowest BCUT2D eigenvalue weighted by atomic mass is 9.64. The maximum Gasteiger partial charge on any atom is 0.190 e. The molecule has 4 aromatic carbocycles. The van der Waals surface area contributed by atoms with E-state index in [0.717, 1.165) is 5.69 Å². The molecule has 6 heteroatoms. The summed E-state index contributed by atoms with van der Waals surface area (Å²) in [7, 11) is 0. The van der Waals surface area contributed by atoms with Gasteiger partial charge in [0.2, 0.25) is 0 Å². The van der Waals surface area contributed by atoms with Crippen molar-refractivity contribution in [2.24, 2.45) is 0 Å². The zero-order valence-corrected chi connectivity index (χ0v) is 19.9. The van der Waals surface area contributed by atoms with Gasteiger partial charge in [0.25, 0.3) is 0 Å². The van der Waals surface area contributed by atoms with Crippen LogP contribution in [0.2, 0.25) is 0 Å². The number of hydrogen-bond acceptors (Lipinski definition) is 5. The third kappa shape index (κ3) is 2.65. The molecule has 2 aliphatic carbocycles. The Morgan fingerprint density at radius 1 is 0.632 bits per heavy atom. The number of para-hydroxylation sites is 1. The first-order chi connectivity index (χ1) is 18.6. The van der Waals surface area contributed by atoms with Crippen LogP contribution in [0.3, 0.4) is 0 Å². The third-order valence-electron chi connectivity index (χ3n) is 7.41. The number of nitrogens with zero attached hydrogens (tertiary/aromatic N) is 3. The zero-order valence-electron chi connectivity index (χ0n) is 19.9.